The molecule has 3 fully saturated rings. The Morgan fingerprint density at radius 1 is 1.09 bits per heavy atom. The van der Waals surface area contributed by atoms with E-state index >= 15 is 0 Å². The molecule has 2 aliphatic carbocycles. The summed E-state index contributed by atoms with van der Waals surface area (Å²) >= 11 is 0. The van der Waals surface area contributed by atoms with Gasteiger partial charge in [0.1, 0.15) is 35.1 Å². The van der Waals surface area contributed by atoms with Crippen molar-refractivity contribution in [1.82, 2.24) is 25.2 Å². The van der Waals surface area contributed by atoms with Crippen LogP contribution in [-0.4, -0.2) is 104 Å². The number of methoxy groups -OCH3 is 2. The molecule has 3 heterocycles. The van der Waals surface area contributed by atoms with E-state index in [2.05, 4.69) is 20.3 Å². The number of amides is 4. The van der Waals surface area contributed by atoms with Crippen molar-refractivity contribution in [2.24, 2.45) is 11.8 Å². The van der Waals surface area contributed by atoms with E-state index < -0.39 is 79.7 Å². The van der Waals surface area contributed by atoms with E-state index in [4.69, 9.17) is 18.9 Å². The first-order chi connectivity index (χ1) is 26.0. The second-order valence-corrected chi connectivity index (χ2v) is 18.6. The van der Waals surface area contributed by atoms with Gasteiger partial charge in [0.25, 0.3) is 5.91 Å². The minimum absolute atomic E-state index is 0.0162. The summed E-state index contributed by atoms with van der Waals surface area (Å²) in [7, 11) is -0.936. The lowest BCUT2D eigenvalue weighted by molar-refractivity contribution is -0.142. The summed E-state index contributed by atoms with van der Waals surface area (Å²) in [6.07, 6.45) is 7.47. The molecule has 6 rings (SSSR count). The van der Waals surface area contributed by atoms with Gasteiger partial charge in [-0.2, -0.15) is 0 Å². The number of carbonyl (C=O) groups is 4. The maximum Gasteiger partial charge on any atom is 0.408 e. The van der Waals surface area contributed by atoms with E-state index in [-0.39, 0.29) is 31.9 Å². The summed E-state index contributed by atoms with van der Waals surface area (Å²) in [5, 5.41) is 7.11. The van der Waals surface area contributed by atoms with Crippen molar-refractivity contribution < 1.29 is 46.5 Å². The summed E-state index contributed by atoms with van der Waals surface area (Å²) in [5.74, 6) is -2.12. The number of sulfonamides is 1. The van der Waals surface area contributed by atoms with Crippen LogP contribution in [0.3, 0.4) is 0 Å². The number of hydrogen-bond donors (Lipinski definition) is 3. The van der Waals surface area contributed by atoms with Crippen LogP contribution >= 0.6 is 0 Å². The number of fused-ring (bicyclic) bond motifs is 3. The van der Waals surface area contributed by atoms with Gasteiger partial charge in [-0.1, -0.05) is 36.8 Å². The summed E-state index contributed by atoms with van der Waals surface area (Å²) in [6, 6.07) is 5.10. The smallest absolute Gasteiger partial charge is 0.408 e. The Bertz CT molecular complexity index is 1940. The number of nitrogens with zero attached hydrogens (tertiary/aromatic N) is 2. The average molecular weight is 784 g/mol. The highest BCUT2D eigenvalue weighted by atomic mass is 32.2. The normalized spacial score (nSPS) is 28.7. The van der Waals surface area contributed by atoms with E-state index in [0.29, 0.717) is 43.2 Å². The van der Waals surface area contributed by atoms with Crippen molar-refractivity contribution in [3.63, 3.8) is 0 Å². The Labute approximate surface area is 322 Å². The lowest BCUT2D eigenvalue weighted by atomic mass is 9.92. The topological polar surface area (TPSA) is 192 Å². The zero-order valence-corrected chi connectivity index (χ0v) is 33.2. The van der Waals surface area contributed by atoms with Gasteiger partial charge in [-0.25, -0.2) is 18.2 Å². The van der Waals surface area contributed by atoms with E-state index in [1.54, 1.807) is 41.0 Å². The van der Waals surface area contributed by atoms with Crippen LogP contribution in [0.5, 0.6) is 11.6 Å². The van der Waals surface area contributed by atoms with Crippen molar-refractivity contribution >= 4 is 44.6 Å². The minimum Gasteiger partial charge on any atom is -0.494 e. The standard InChI is InChI=1S/C39H53N5O10S/c1-37(2,3)54-36(48)41-31-24(23-51-5)13-9-7-8-10-14-25-20-39(25,35(47)43-55(49,50)38(4)17-18-38)42-32(45)29-19-26(22-44(29)34(31)46)53-33-28-16-12-11-15-27(28)30(52-6)21-40-33/h10-12,14-16,21,24-26,29,31H,7-9,13,17-20,22-23H2,1-6H3,(H,41,48)(H,42,45)(H,43,47)/b14-10-/t24-,25+,26?,29-,31-,39+/m0/s1. The zero-order valence-electron chi connectivity index (χ0n) is 32.4. The Hall–Kier alpha value is -4.44. The number of pyridine rings is 1. The monoisotopic (exact) mass is 783 g/mol. The lowest BCUT2D eigenvalue weighted by Crippen LogP contribution is -2.60. The van der Waals surface area contributed by atoms with Gasteiger partial charge in [0.05, 0.1) is 31.2 Å². The highest BCUT2D eigenvalue weighted by Gasteiger charge is 2.63. The molecule has 1 aromatic heterocycles. The van der Waals surface area contributed by atoms with E-state index in [9.17, 15) is 27.6 Å². The number of aromatic nitrogens is 1. The van der Waals surface area contributed by atoms with Gasteiger partial charge < -0.3 is 34.5 Å². The summed E-state index contributed by atoms with van der Waals surface area (Å²) in [6.45, 7) is 6.84. The highest BCUT2D eigenvalue weighted by molar-refractivity contribution is 7.91. The van der Waals surface area contributed by atoms with E-state index in [1.165, 1.54) is 12.0 Å². The summed E-state index contributed by atoms with van der Waals surface area (Å²) in [5.41, 5.74) is -2.39. The predicted molar refractivity (Wildman–Crippen MR) is 203 cm³/mol. The first-order valence-corrected chi connectivity index (χ1v) is 20.4. The molecule has 55 heavy (non-hydrogen) atoms. The number of allylic oxidation sites excluding steroid dienone is 1. The average Bonchev–Trinajstić information content (AvgIpc) is 4.00. The summed E-state index contributed by atoms with van der Waals surface area (Å²) in [4.78, 5) is 62.4. The SMILES string of the molecule is COC[C@@H]1CCCC/C=C\[C@@H]2C[C@@]2(C(=O)NS(=O)(=O)C2(C)CC2)NC(=O)[C@@H]2CC(Oc3ncc(OC)c4ccccc34)CN2C(=O)[C@H]1NC(=O)OC(C)(C)C. The molecule has 15 nitrogen and oxygen atoms in total. The first-order valence-electron chi connectivity index (χ1n) is 18.9. The van der Waals surface area contributed by atoms with Gasteiger partial charge in [-0.3, -0.25) is 19.1 Å². The van der Waals surface area contributed by atoms with Crippen molar-refractivity contribution in [3.8, 4) is 11.6 Å². The van der Waals surface area contributed by atoms with Crippen LogP contribution in [0.1, 0.15) is 79.1 Å². The van der Waals surface area contributed by atoms with Gasteiger partial charge in [0, 0.05) is 36.1 Å². The number of ether oxygens (including phenoxy) is 4. The molecule has 300 valence electrons. The minimum atomic E-state index is -4.01. The van der Waals surface area contributed by atoms with Gasteiger partial charge in [-0.15, -0.1) is 0 Å². The Morgan fingerprint density at radius 3 is 2.49 bits per heavy atom. The molecule has 4 aliphatic rings. The van der Waals surface area contributed by atoms with Crippen LogP contribution in [-0.2, 0) is 33.9 Å². The highest BCUT2D eigenvalue weighted by Crippen LogP contribution is 2.47. The zero-order chi connectivity index (χ0) is 39.8. The second-order valence-electron chi connectivity index (χ2n) is 16.4. The first kappa shape index (κ1) is 40.2. The molecule has 1 aromatic carbocycles. The Morgan fingerprint density at radius 2 is 1.82 bits per heavy atom. The number of alkyl carbamates (subject to hydrolysis) is 1. The lowest BCUT2D eigenvalue weighted by Gasteiger charge is -2.33. The second kappa shape index (κ2) is 15.6. The molecule has 6 atom stereocenters. The molecule has 1 unspecified atom stereocenters. The van der Waals surface area contributed by atoms with E-state index in [1.807, 2.05) is 36.4 Å². The van der Waals surface area contributed by atoms with Crippen LogP contribution in [0, 0.1) is 11.8 Å². The maximum absolute atomic E-state index is 14.9. The molecule has 4 amide bonds. The molecule has 3 N–H and O–H groups in total. The van der Waals surface area contributed by atoms with Crippen LogP contribution in [0.2, 0.25) is 0 Å². The van der Waals surface area contributed by atoms with Crippen LogP contribution in [0.15, 0.2) is 42.6 Å². The Kier molecular flexibility index (Phi) is 11.4. The quantitative estimate of drug-likeness (QED) is 0.314. The third kappa shape index (κ3) is 8.69. The van der Waals surface area contributed by atoms with Crippen LogP contribution < -0.4 is 24.8 Å². The molecule has 1 saturated heterocycles. The number of hydrogen-bond acceptors (Lipinski definition) is 11. The molecule has 0 bridgehead atoms. The van der Waals surface area contributed by atoms with Crippen molar-refractivity contribution in [3.05, 3.63) is 42.6 Å². The largest absolute Gasteiger partial charge is 0.494 e. The van der Waals surface area contributed by atoms with E-state index in [0.717, 1.165) is 11.8 Å². The van der Waals surface area contributed by atoms with Gasteiger partial charge in [-0.05, 0) is 72.3 Å². The fourth-order valence-corrected chi connectivity index (χ4v) is 8.79. The van der Waals surface area contributed by atoms with Crippen LogP contribution in [0.25, 0.3) is 10.8 Å². The predicted octanol–water partition coefficient (Wildman–Crippen LogP) is 3.75. The van der Waals surface area contributed by atoms with Crippen LogP contribution in [0.4, 0.5) is 4.79 Å². The molecule has 16 heteroatoms. The van der Waals surface area contributed by atoms with Gasteiger partial charge in [0.15, 0.2) is 0 Å². The van der Waals surface area contributed by atoms with Crippen molar-refractivity contribution in [2.75, 3.05) is 27.4 Å². The number of benzene rings is 1. The fraction of sp³-hybridized carbons (Fsp3) is 0.615. The molecule has 2 aliphatic heterocycles. The van der Waals surface area contributed by atoms with Gasteiger partial charge in [0.2, 0.25) is 27.7 Å². The molecular weight excluding hydrogens is 731 g/mol. The number of nitrogens with one attached hydrogen (secondary N) is 3. The number of rotatable bonds is 9. The molecule has 2 saturated carbocycles. The van der Waals surface area contributed by atoms with Gasteiger partial charge >= 0.3 is 6.09 Å². The third-order valence-corrected chi connectivity index (χ3v) is 13.2. The van der Waals surface area contributed by atoms with Crippen molar-refractivity contribution in [1.29, 1.82) is 0 Å². The molecule has 2 aromatic rings. The van der Waals surface area contributed by atoms with Crippen molar-refractivity contribution in [2.45, 2.75) is 113 Å². The number of carbonyl (C=O) groups excluding carboxylic acids is 4. The summed E-state index contributed by atoms with van der Waals surface area (Å²) < 4.78 is 50.7. The fourth-order valence-electron chi connectivity index (χ4n) is 7.48. The molecule has 0 spiro atoms. The molecule has 0 radical (unpaired) electrons. The maximum atomic E-state index is 14.9. The third-order valence-electron chi connectivity index (χ3n) is 11.0. The molecular formula is C39H53N5O10S. The Balaban J connectivity index is 1.36.